The summed E-state index contributed by atoms with van der Waals surface area (Å²) in [5.41, 5.74) is 1.56. The molecule has 3 N–H and O–H groups in total. The van der Waals surface area contributed by atoms with Crippen molar-refractivity contribution < 1.29 is 0 Å². The monoisotopic (exact) mass is 250 g/mol. The number of rotatable bonds is 6. The van der Waals surface area contributed by atoms with Crippen LogP contribution in [0.15, 0.2) is 18.3 Å². The number of aromatic nitrogens is 1. The first-order valence-corrected chi connectivity index (χ1v) is 6.97. The number of H-pyrrole nitrogens is 1. The van der Waals surface area contributed by atoms with Gasteiger partial charge in [-0.1, -0.05) is 0 Å². The van der Waals surface area contributed by atoms with Crippen LogP contribution in [0.4, 0.5) is 0 Å². The molecule has 1 saturated heterocycles. The van der Waals surface area contributed by atoms with Gasteiger partial charge in [-0.15, -0.1) is 0 Å². The molecular formula is C14H26N4. The topological polar surface area (TPSA) is 43.1 Å². The second-order valence-electron chi connectivity index (χ2n) is 5.67. The highest BCUT2D eigenvalue weighted by Crippen LogP contribution is 2.13. The fourth-order valence-corrected chi connectivity index (χ4v) is 2.52. The Balaban J connectivity index is 1.67. The van der Waals surface area contributed by atoms with Crippen molar-refractivity contribution in [3.63, 3.8) is 0 Å². The van der Waals surface area contributed by atoms with Crippen molar-refractivity contribution in [3.8, 4) is 0 Å². The SMILES string of the molecule is CC(C)(CNCCc1ccc[nH]1)N1CCNCC1. The van der Waals surface area contributed by atoms with Crippen molar-refractivity contribution in [1.82, 2.24) is 20.5 Å². The first-order chi connectivity index (χ1) is 8.68. The van der Waals surface area contributed by atoms with Crippen LogP contribution in [0.25, 0.3) is 0 Å². The summed E-state index contributed by atoms with van der Waals surface area (Å²) in [7, 11) is 0. The third-order valence-corrected chi connectivity index (χ3v) is 3.76. The van der Waals surface area contributed by atoms with Crippen LogP contribution < -0.4 is 10.6 Å². The molecule has 1 aliphatic rings. The zero-order valence-electron chi connectivity index (χ0n) is 11.6. The fourth-order valence-electron chi connectivity index (χ4n) is 2.52. The number of nitrogens with one attached hydrogen (secondary N) is 3. The normalized spacial score (nSPS) is 18.1. The molecule has 102 valence electrons. The summed E-state index contributed by atoms with van der Waals surface area (Å²) in [4.78, 5) is 5.81. The summed E-state index contributed by atoms with van der Waals surface area (Å²) in [5, 5.41) is 6.99. The maximum absolute atomic E-state index is 3.58. The van der Waals surface area contributed by atoms with E-state index in [2.05, 4.69) is 46.5 Å². The molecule has 0 unspecified atom stereocenters. The van der Waals surface area contributed by atoms with Gasteiger partial charge in [0.2, 0.25) is 0 Å². The predicted molar refractivity (Wildman–Crippen MR) is 75.9 cm³/mol. The number of aromatic amines is 1. The molecule has 18 heavy (non-hydrogen) atoms. The van der Waals surface area contributed by atoms with Crippen LogP contribution in [-0.2, 0) is 6.42 Å². The van der Waals surface area contributed by atoms with Gasteiger partial charge in [-0.2, -0.15) is 0 Å². The largest absolute Gasteiger partial charge is 0.365 e. The van der Waals surface area contributed by atoms with Gasteiger partial charge in [-0.25, -0.2) is 0 Å². The molecule has 0 radical (unpaired) electrons. The molecule has 0 atom stereocenters. The summed E-state index contributed by atoms with van der Waals surface area (Å²) in [5.74, 6) is 0. The molecule has 4 heteroatoms. The number of piperazine rings is 1. The van der Waals surface area contributed by atoms with Gasteiger partial charge in [0.15, 0.2) is 0 Å². The lowest BCUT2D eigenvalue weighted by Gasteiger charge is -2.41. The van der Waals surface area contributed by atoms with Gasteiger partial charge in [-0.3, -0.25) is 4.90 Å². The third-order valence-electron chi connectivity index (χ3n) is 3.76. The van der Waals surface area contributed by atoms with Crippen LogP contribution in [0.2, 0.25) is 0 Å². The molecule has 0 aromatic carbocycles. The van der Waals surface area contributed by atoms with E-state index in [1.165, 1.54) is 5.69 Å². The van der Waals surface area contributed by atoms with Crippen LogP contribution in [0, 0.1) is 0 Å². The van der Waals surface area contributed by atoms with E-state index in [-0.39, 0.29) is 5.54 Å². The van der Waals surface area contributed by atoms with E-state index in [9.17, 15) is 0 Å². The van der Waals surface area contributed by atoms with Crippen molar-refractivity contribution in [3.05, 3.63) is 24.0 Å². The average Bonchev–Trinajstić information content (AvgIpc) is 2.89. The quantitative estimate of drug-likeness (QED) is 0.655. The Hall–Kier alpha value is -0.840. The first kappa shape index (κ1) is 13.6. The molecule has 1 aliphatic heterocycles. The van der Waals surface area contributed by atoms with Gasteiger partial charge in [0.1, 0.15) is 0 Å². The summed E-state index contributed by atoms with van der Waals surface area (Å²) in [6.07, 6.45) is 3.06. The zero-order valence-corrected chi connectivity index (χ0v) is 11.6. The summed E-state index contributed by atoms with van der Waals surface area (Å²) in [6, 6.07) is 4.20. The van der Waals surface area contributed by atoms with Gasteiger partial charge in [0, 0.05) is 56.7 Å². The van der Waals surface area contributed by atoms with Crippen LogP contribution in [-0.4, -0.2) is 54.7 Å². The smallest absolute Gasteiger partial charge is 0.0278 e. The van der Waals surface area contributed by atoms with Gasteiger partial charge in [-0.05, 0) is 32.4 Å². The lowest BCUT2D eigenvalue weighted by atomic mass is 10.0. The van der Waals surface area contributed by atoms with Crippen molar-refractivity contribution in [1.29, 1.82) is 0 Å². The van der Waals surface area contributed by atoms with Crippen LogP contribution >= 0.6 is 0 Å². The van der Waals surface area contributed by atoms with E-state index >= 15 is 0 Å². The van der Waals surface area contributed by atoms with E-state index in [0.29, 0.717) is 0 Å². The standard InChI is InChI=1S/C14H26N4/c1-14(2,18-10-8-15-9-11-18)12-16-7-5-13-4-3-6-17-13/h3-4,6,15-17H,5,7-12H2,1-2H3. The lowest BCUT2D eigenvalue weighted by molar-refractivity contribution is 0.102. The van der Waals surface area contributed by atoms with Gasteiger partial charge in [0.05, 0.1) is 0 Å². The highest BCUT2D eigenvalue weighted by molar-refractivity contribution is 5.03. The molecule has 0 spiro atoms. The van der Waals surface area contributed by atoms with E-state index in [1.54, 1.807) is 0 Å². The minimum absolute atomic E-state index is 0.248. The second kappa shape index (κ2) is 6.36. The predicted octanol–water partition coefficient (Wildman–Crippen LogP) is 0.831. The number of hydrogen-bond acceptors (Lipinski definition) is 3. The number of nitrogens with zero attached hydrogens (tertiary/aromatic N) is 1. The van der Waals surface area contributed by atoms with E-state index in [0.717, 1.165) is 45.7 Å². The molecule has 0 aliphatic carbocycles. The summed E-state index contributed by atoms with van der Waals surface area (Å²) < 4.78 is 0. The molecule has 1 fully saturated rings. The Kier molecular flexibility index (Phi) is 4.80. The molecule has 1 aromatic heterocycles. The van der Waals surface area contributed by atoms with Gasteiger partial charge >= 0.3 is 0 Å². The highest BCUT2D eigenvalue weighted by Gasteiger charge is 2.26. The van der Waals surface area contributed by atoms with E-state index in [4.69, 9.17) is 0 Å². The van der Waals surface area contributed by atoms with Gasteiger partial charge in [0.25, 0.3) is 0 Å². The molecule has 2 heterocycles. The molecule has 0 amide bonds. The maximum atomic E-state index is 3.58. The van der Waals surface area contributed by atoms with Crippen LogP contribution in [0.3, 0.4) is 0 Å². The Morgan fingerprint density at radius 3 is 2.78 bits per heavy atom. The zero-order chi connectivity index (χ0) is 12.8. The molecular weight excluding hydrogens is 224 g/mol. The van der Waals surface area contributed by atoms with E-state index < -0.39 is 0 Å². The Labute approximate surface area is 110 Å². The highest BCUT2D eigenvalue weighted by atomic mass is 15.2. The Bertz CT molecular complexity index is 326. The summed E-state index contributed by atoms with van der Waals surface area (Å²) in [6.45, 7) is 11.3. The molecule has 0 saturated carbocycles. The lowest BCUT2D eigenvalue weighted by Crippen LogP contribution is -2.57. The second-order valence-corrected chi connectivity index (χ2v) is 5.67. The fraction of sp³-hybridized carbons (Fsp3) is 0.714. The minimum atomic E-state index is 0.248. The molecule has 4 nitrogen and oxygen atoms in total. The Morgan fingerprint density at radius 2 is 2.11 bits per heavy atom. The van der Waals surface area contributed by atoms with Crippen molar-refractivity contribution in [2.24, 2.45) is 0 Å². The van der Waals surface area contributed by atoms with Gasteiger partial charge < -0.3 is 15.6 Å². The van der Waals surface area contributed by atoms with Crippen molar-refractivity contribution in [2.45, 2.75) is 25.8 Å². The molecule has 2 rings (SSSR count). The third kappa shape index (κ3) is 3.83. The van der Waals surface area contributed by atoms with E-state index in [1.807, 2.05) is 6.20 Å². The van der Waals surface area contributed by atoms with Crippen LogP contribution in [0.5, 0.6) is 0 Å². The maximum Gasteiger partial charge on any atom is 0.0278 e. The van der Waals surface area contributed by atoms with Crippen molar-refractivity contribution >= 4 is 0 Å². The first-order valence-electron chi connectivity index (χ1n) is 6.97. The summed E-state index contributed by atoms with van der Waals surface area (Å²) >= 11 is 0. The minimum Gasteiger partial charge on any atom is -0.365 e. The number of hydrogen-bond donors (Lipinski definition) is 3. The molecule has 1 aromatic rings. The Morgan fingerprint density at radius 1 is 1.33 bits per heavy atom. The van der Waals surface area contributed by atoms with Crippen LogP contribution in [0.1, 0.15) is 19.5 Å². The average molecular weight is 250 g/mol. The molecule has 0 bridgehead atoms. The van der Waals surface area contributed by atoms with Crippen molar-refractivity contribution in [2.75, 3.05) is 39.3 Å².